The monoisotopic (exact) mass is 412 g/mol. The number of benzene rings is 2. The topological polar surface area (TPSA) is 76.0 Å². The third-order valence-electron chi connectivity index (χ3n) is 4.55. The summed E-state index contributed by atoms with van der Waals surface area (Å²) in [6.07, 6.45) is 3.55. The highest BCUT2D eigenvalue weighted by atomic mass is 19.1. The van der Waals surface area contributed by atoms with Gasteiger partial charge in [-0.3, -0.25) is 14.3 Å². The van der Waals surface area contributed by atoms with E-state index in [1.807, 2.05) is 24.4 Å². The molecule has 0 saturated heterocycles. The number of amides is 2. The lowest BCUT2D eigenvalue weighted by Crippen LogP contribution is -2.47. The Kier molecular flexibility index (Phi) is 6.56. The Morgan fingerprint density at radius 1 is 1.03 bits per heavy atom. The minimum absolute atomic E-state index is 0.303. The molecule has 2 aromatic carbocycles. The molecule has 0 saturated carbocycles. The van der Waals surface area contributed by atoms with Crippen molar-refractivity contribution < 1.29 is 18.4 Å². The predicted octanol–water partition coefficient (Wildman–Crippen LogP) is 3.60. The van der Waals surface area contributed by atoms with Crippen molar-refractivity contribution in [1.29, 1.82) is 0 Å². The van der Waals surface area contributed by atoms with E-state index in [1.165, 1.54) is 6.07 Å². The van der Waals surface area contributed by atoms with Crippen LogP contribution in [0.1, 0.15) is 29.8 Å². The number of nitrogens with zero attached hydrogens (tertiary/aromatic N) is 2. The Morgan fingerprint density at radius 2 is 1.70 bits per heavy atom. The third-order valence-corrected chi connectivity index (χ3v) is 4.55. The van der Waals surface area contributed by atoms with Crippen LogP contribution in [0.15, 0.2) is 60.9 Å². The van der Waals surface area contributed by atoms with Crippen LogP contribution in [0.3, 0.4) is 0 Å². The number of carbonyl (C=O) groups excluding carboxylic acids is 2. The Morgan fingerprint density at radius 3 is 2.27 bits per heavy atom. The first kappa shape index (κ1) is 21.2. The maximum Gasteiger partial charge on any atom is 0.257 e. The van der Waals surface area contributed by atoms with Crippen LogP contribution in [-0.2, 0) is 11.3 Å². The molecule has 8 heteroatoms. The molecule has 3 aromatic rings. The summed E-state index contributed by atoms with van der Waals surface area (Å²) in [5.74, 6) is -3.72. The lowest BCUT2D eigenvalue weighted by Gasteiger charge is -2.22. The van der Waals surface area contributed by atoms with E-state index in [0.717, 1.165) is 17.7 Å². The highest BCUT2D eigenvalue weighted by Gasteiger charge is 2.27. The molecule has 2 N–H and O–H groups in total. The summed E-state index contributed by atoms with van der Waals surface area (Å²) in [6.45, 7) is 4.06. The third kappa shape index (κ3) is 5.08. The highest BCUT2D eigenvalue weighted by molar-refractivity contribution is 6.01. The van der Waals surface area contributed by atoms with Crippen molar-refractivity contribution in [2.75, 3.05) is 5.32 Å². The fraction of sp³-hybridized carbons (Fsp3) is 0.227. The molecule has 1 heterocycles. The van der Waals surface area contributed by atoms with E-state index in [-0.39, 0.29) is 5.92 Å². The van der Waals surface area contributed by atoms with Crippen molar-refractivity contribution in [1.82, 2.24) is 15.1 Å². The normalized spacial score (nSPS) is 11.9. The molecule has 0 bridgehead atoms. The molecule has 1 unspecified atom stereocenters. The molecule has 3 rings (SSSR count). The molecule has 156 valence electrons. The average molecular weight is 412 g/mol. The number of carbonyl (C=O) groups is 2. The summed E-state index contributed by atoms with van der Waals surface area (Å²) in [4.78, 5) is 25.1. The largest absolute Gasteiger partial charge is 0.340 e. The molecular formula is C22H22F2N4O2. The summed E-state index contributed by atoms with van der Waals surface area (Å²) in [7, 11) is 0. The lowest BCUT2D eigenvalue weighted by atomic mass is 10.0. The van der Waals surface area contributed by atoms with Crippen molar-refractivity contribution in [3.63, 3.8) is 0 Å². The number of halogens is 2. The molecule has 2 amide bonds. The predicted molar refractivity (Wildman–Crippen MR) is 109 cm³/mol. The van der Waals surface area contributed by atoms with Crippen molar-refractivity contribution in [3.05, 3.63) is 83.7 Å². The molecule has 1 aromatic heterocycles. The molecule has 0 spiro atoms. The van der Waals surface area contributed by atoms with E-state index in [1.54, 1.807) is 36.9 Å². The van der Waals surface area contributed by atoms with E-state index < -0.39 is 35.1 Å². The molecule has 0 aliphatic carbocycles. The lowest BCUT2D eigenvalue weighted by molar-refractivity contribution is -0.118. The van der Waals surface area contributed by atoms with Crippen LogP contribution in [0.25, 0.3) is 0 Å². The zero-order valence-electron chi connectivity index (χ0n) is 16.6. The van der Waals surface area contributed by atoms with Gasteiger partial charge < -0.3 is 10.6 Å². The first-order chi connectivity index (χ1) is 14.3. The smallest absolute Gasteiger partial charge is 0.257 e. The van der Waals surface area contributed by atoms with Gasteiger partial charge in [-0.25, -0.2) is 8.78 Å². The Hall–Kier alpha value is -3.55. The number of hydrogen-bond acceptors (Lipinski definition) is 3. The van der Waals surface area contributed by atoms with Crippen LogP contribution in [0.4, 0.5) is 14.5 Å². The standard InChI is InChI=1S/C22H22F2N4O2/c1-14(2)20(27-21(29)19-17(23)5-3-6-18(19)24)22(30)26-16-9-7-15(8-10-16)13-28-12-4-11-25-28/h3-12,14,20H,13H2,1-2H3,(H,26,30)(H,27,29). The summed E-state index contributed by atoms with van der Waals surface area (Å²) in [5, 5.41) is 9.31. The van der Waals surface area contributed by atoms with Gasteiger partial charge in [0.05, 0.1) is 6.54 Å². The van der Waals surface area contributed by atoms with Crippen molar-refractivity contribution in [3.8, 4) is 0 Å². The number of anilines is 1. The molecule has 0 fully saturated rings. The number of nitrogens with one attached hydrogen (secondary N) is 2. The van der Waals surface area contributed by atoms with Gasteiger partial charge in [0.25, 0.3) is 5.91 Å². The van der Waals surface area contributed by atoms with E-state index in [4.69, 9.17) is 0 Å². The van der Waals surface area contributed by atoms with E-state index >= 15 is 0 Å². The average Bonchev–Trinajstić information content (AvgIpc) is 3.20. The van der Waals surface area contributed by atoms with Crippen molar-refractivity contribution >= 4 is 17.5 Å². The summed E-state index contributed by atoms with van der Waals surface area (Å²) in [5.41, 5.74) is 0.834. The van der Waals surface area contributed by atoms with E-state index in [2.05, 4.69) is 15.7 Å². The van der Waals surface area contributed by atoms with Crippen LogP contribution in [-0.4, -0.2) is 27.6 Å². The van der Waals surface area contributed by atoms with Crippen LogP contribution in [0.2, 0.25) is 0 Å². The van der Waals surface area contributed by atoms with Gasteiger partial charge in [-0.15, -0.1) is 0 Å². The molecule has 1 atom stereocenters. The van der Waals surface area contributed by atoms with Crippen molar-refractivity contribution in [2.24, 2.45) is 5.92 Å². The summed E-state index contributed by atoms with van der Waals surface area (Å²) >= 11 is 0. The second-order valence-corrected chi connectivity index (χ2v) is 7.18. The molecule has 6 nitrogen and oxygen atoms in total. The minimum atomic E-state index is -0.983. The number of rotatable bonds is 7. The Labute approximate surface area is 172 Å². The van der Waals surface area contributed by atoms with Crippen molar-refractivity contribution in [2.45, 2.75) is 26.4 Å². The van der Waals surface area contributed by atoms with Crippen LogP contribution < -0.4 is 10.6 Å². The second kappa shape index (κ2) is 9.30. The Bertz CT molecular complexity index is 998. The van der Waals surface area contributed by atoms with Crippen LogP contribution in [0.5, 0.6) is 0 Å². The summed E-state index contributed by atoms with van der Waals surface area (Å²) in [6, 6.07) is 11.2. The first-order valence-electron chi connectivity index (χ1n) is 9.47. The second-order valence-electron chi connectivity index (χ2n) is 7.18. The molecule has 0 aliphatic heterocycles. The van der Waals surface area contributed by atoms with Gasteiger partial charge >= 0.3 is 0 Å². The fourth-order valence-corrected chi connectivity index (χ4v) is 2.96. The molecular weight excluding hydrogens is 390 g/mol. The van der Waals surface area contributed by atoms with E-state index in [0.29, 0.717) is 12.2 Å². The SMILES string of the molecule is CC(C)C(NC(=O)c1c(F)cccc1F)C(=O)Nc1ccc(Cn2cccn2)cc1. The minimum Gasteiger partial charge on any atom is -0.340 e. The van der Waals surface area contributed by atoms with Gasteiger partial charge in [0.2, 0.25) is 5.91 Å². The number of hydrogen-bond donors (Lipinski definition) is 2. The quantitative estimate of drug-likeness (QED) is 0.623. The Balaban J connectivity index is 1.67. The van der Waals surface area contributed by atoms with Gasteiger partial charge in [0.1, 0.15) is 23.2 Å². The molecule has 0 aliphatic rings. The van der Waals surface area contributed by atoms with Gasteiger partial charge in [-0.05, 0) is 41.8 Å². The van der Waals surface area contributed by atoms with Gasteiger partial charge in [0, 0.05) is 18.1 Å². The van der Waals surface area contributed by atoms with Gasteiger partial charge in [-0.2, -0.15) is 5.10 Å². The zero-order valence-corrected chi connectivity index (χ0v) is 16.6. The fourth-order valence-electron chi connectivity index (χ4n) is 2.96. The molecule has 0 radical (unpaired) electrons. The molecule has 30 heavy (non-hydrogen) atoms. The maximum atomic E-state index is 13.9. The number of aromatic nitrogens is 2. The summed E-state index contributed by atoms with van der Waals surface area (Å²) < 4.78 is 29.5. The highest BCUT2D eigenvalue weighted by Crippen LogP contribution is 2.15. The van der Waals surface area contributed by atoms with Crippen LogP contribution in [0, 0.1) is 17.6 Å². The van der Waals surface area contributed by atoms with Gasteiger partial charge in [-0.1, -0.05) is 32.0 Å². The zero-order chi connectivity index (χ0) is 21.7. The maximum absolute atomic E-state index is 13.9. The van der Waals surface area contributed by atoms with Crippen LogP contribution >= 0.6 is 0 Å². The first-order valence-corrected chi connectivity index (χ1v) is 9.47. The van der Waals surface area contributed by atoms with E-state index in [9.17, 15) is 18.4 Å². The van der Waals surface area contributed by atoms with Gasteiger partial charge in [0.15, 0.2) is 0 Å².